The van der Waals surface area contributed by atoms with Crippen molar-refractivity contribution in [2.24, 2.45) is 0 Å². The minimum Gasteiger partial charge on any atom is -0.497 e. The van der Waals surface area contributed by atoms with E-state index in [2.05, 4.69) is 10.1 Å². The largest absolute Gasteiger partial charge is 0.497 e. The molecule has 0 aromatic heterocycles. The van der Waals surface area contributed by atoms with Crippen molar-refractivity contribution in [2.45, 2.75) is 19.1 Å². The van der Waals surface area contributed by atoms with E-state index in [-0.39, 0.29) is 17.1 Å². The molecule has 2 aromatic rings. The summed E-state index contributed by atoms with van der Waals surface area (Å²) in [7, 11) is 2.86. The van der Waals surface area contributed by atoms with Crippen molar-refractivity contribution in [3.8, 4) is 17.2 Å². The number of carbonyl (C=O) groups is 3. The van der Waals surface area contributed by atoms with Gasteiger partial charge in [-0.05, 0) is 36.8 Å². The van der Waals surface area contributed by atoms with Gasteiger partial charge in [0.15, 0.2) is 5.78 Å². The van der Waals surface area contributed by atoms with Crippen LogP contribution in [0.25, 0.3) is 0 Å². The summed E-state index contributed by atoms with van der Waals surface area (Å²) in [4.78, 5) is 39.1. The molecule has 3 amide bonds. The fraction of sp³-hybridized carbons (Fsp3) is 0.286. The van der Waals surface area contributed by atoms with Crippen molar-refractivity contribution in [3.63, 3.8) is 0 Å². The lowest BCUT2D eigenvalue weighted by molar-refractivity contribution is -0.130. The van der Waals surface area contributed by atoms with Crippen LogP contribution in [0.1, 0.15) is 22.8 Å². The predicted molar refractivity (Wildman–Crippen MR) is 105 cm³/mol. The normalized spacial score (nSPS) is 18.2. The zero-order valence-electron chi connectivity index (χ0n) is 17.0. The number of benzene rings is 2. The molecule has 8 nitrogen and oxygen atoms in total. The molecule has 0 bridgehead atoms. The highest BCUT2D eigenvalue weighted by Gasteiger charge is 2.49. The SMILES string of the molecule is COc1ccc(C(=O)CN2C(=O)NC(C)(c3ccc(OC(F)F)cc3)C2=O)c(OC)c1. The molecule has 1 aliphatic heterocycles. The Balaban J connectivity index is 1.81. The molecule has 164 valence electrons. The Bertz CT molecular complexity index is 1010. The third-order valence-corrected chi connectivity index (χ3v) is 4.94. The summed E-state index contributed by atoms with van der Waals surface area (Å²) in [6.07, 6.45) is 0. The zero-order chi connectivity index (χ0) is 22.8. The average Bonchev–Trinajstić information content (AvgIpc) is 2.97. The molecule has 1 fully saturated rings. The second-order valence-corrected chi connectivity index (χ2v) is 6.84. The quantitative estimate of drug-likeness (QED) is 0.507. The maximum atomic E-state index is 13.0. The van der Waals surface area contributed by atoms with E-state index in [1.165, 1.54) is 57.5 Å². The first-order valence-electron chi connectivity index (χ1n) is 9.14. The van der Waals surface area contributed by atoms with Gasteiger partial charge in [0.25, 0.3) is 5.91 Å². The van der Waals surface area contributed by atoms with Gasteiger partial charge in [-0.2, -0.15) is 8.78 Å². The summed E-state index contributed by atoms with van der Waals surface area (Å²) >= 11 is 0. The fourth-order valence-electron chi connectivity index (χ4n) is 3.26. The van der Waals surface area contributed by atoms with E-state index in [9.17, 15) is 23.2 Å². The number of carbonyl (C=O) groups excluding carboxylic acids is 3. The van der Waals surface area contributed by atoms with Gasteiger partial charge in [-0.1, -0.05) is 12.1 Å². The Morgan fingerprint density at radius 3 is 2.29 bits per heavy atom. The first-order valence-corrected chi connectivity index (χ1v) is 9.14. The summed E-state index contributed by atoms with van der Waals surface area (Å²) in [5.41, 5.74) is -0.930. The Labute approximate surface area is 176 Å². The number of rotatable bonds is 8. The number of urea groups is 1. The molecule has 1 N–H and O–H groups in total. The molecule has 0 aliphatic carbocycles. The smallest absolute Gasteiger partial charge is 0.387 e. The summed E-state index contributed by atoms with van der Waals surface area (Å²) in [6.45, 7) is -2.02. The van der Waals surface area contributed by atoms with E-state index in [1.54, 1.807) is 6.07 Å². The number of ketones is 1. The van der Waals surface area contributed by atoms with Crippen LogP contribution in [0.15, 0.2) is 42.5 Å². The van der Waals surface area contributed by atoms with Crippen LogP contribution in [0.4, 0.5) is 13.6 Å². The molecule has 1 aliphatic rings. The van der Waals surface area contributed by atoms with Gasteiger partial charge < -0.3 is 19.5 Å². The van der Waals surface area contributed by atoms with Crippen molar-refractivity contribution < 1.29 is 37.4 Å². The lowest BCUT2D eigenvalue weighted by Gasteiger charge is -2.22. The Morgan fingerprint density at radius 2 is 1.71 bits per heavy atom. The van der Waals surface area contributed by atoms with Crippen LogP contribution in [-0.4, -0.2) is 50.0 Å². The number of hydrogen-bond acceptors (Lipinski definition) is 6. The number of halogens is 2. The van der Waals surface area contributed by atoms with E-state index >= 15 is 0 Å². The highest BCUT2D eigenvalue weighted by Crippen LogP contribution is 2.31. The van der Waals surface area contributed by atoms with Gasteiger partial charge in [-0.25, -0.2) is 4.79 Å². The van der Waals surface area contributed by atoms with Gasteiger partial charge in [0.05, 0.1) is 26.3 Å². The van der Waals surface area contributed by atoms with Gasteiger partial charge in [0.1, 0.15) is 22.8 Å². The van der Waals surface area contributed by atoms with Crippen LogP contribution in [0.2, 0.25) is 0 Å². The summed E-state index contributed by atoms with van der Waals surface area (Å²) in [6, 6.07) is 9.15. The number of ether oxygens (including phenoxy) is 3. The van der Waals surface area contributed by atoms with Gasteiger partial charge in [-0.15, -0.1) is 0 Å². The van der Waals surface area contributed by atoms with Crippen molar-refractivity contribution in [3.05, 3.63) is 53.6 Å². The highest BCUT2D eigenvalue weighted by molar-refractivity contribution is 6.11. The fourth-order valence-corrected chi connectivity index (χ4v) is 3.26. The molecule has 1 unspecified atom stereocenters. The van der Waals surface area contributed by atoms with Gasteiger partial charge >= 0.3 is 12.6 Å². The zero-order valence-corrected chi connectivity index (χ0v) is 17.0. The summed E-state index contributed by atoms with van der Waals surface area (Å²) in [5, 5.41) is 2.56. The standard InChI is InChI=1S/C21H20F2N2O6/c1-21(12-4-6-13(7-5-12)31-19(22)23)18(27)25(20(28)24-21)11-16(26)15-9-8-14(29-2)10-17(15)30-3/h4-10,19H,11H2,1-3H3,(H,24,28). The molecular weight excluding hydrogens is 414 g/mol. The van der Waals surface area contributed by atoms with E-state index in [0.717, 1.165) is 4.90 Å². The van der Waals surface area contributed by atoms with Crippen molar-refractivity contribution >= 4 is 17.7 Å². The third-order valence-electron chi connectivity index (χ3n) is 4.94. The minimum atomic E-state index is -2.98. The van der Waals surface area contributed by atoms with Crippen molar-refractivity contribution in [1.82, 2.24) is 10.2 Å². The number of hydrogen-bond donors (Lipinski definition) is 1. The number of nitrogens with zero attached hydrogens (tertiary/aromatic N) is 1. The molecule has 0 saturated carbocycles. The topological polar surface area (TPSA) is 94.2 Å². The Kier molecular flexibility index (Phi) is 6.09. The molecule has 1 atom stereocenters. The number of Topliss-reactive ketones (excluding diaryl/α,β-unsaturated/α-hetero) is 1. The molecule has 2 aromatic carbocycles. The summed E-state index contributed by atoms with van der Waals surface area (Å²) in [5.74, 6) is -0.518. The lowest BCUT2D eigenvalue weighted by atomic mass is 9.92. The van der Waals surface area contributed by atoms with Crippen LogP contribution in [0.5, 0.6) is 17.2 Å². The first-order chi connectivity index (χ1) is 14.7. The molecule has 1 saturated heterocycles. The molecule has 10 heteroatoms. The second kappa shape index (κ2) is 8.58. The lowest BCUT2D eigenvalue weighted by Crippen LogP contribution is -2.41. The van der Waals surface area contributed by atoms with E-state index in [0.29, 0.717) is 11.3 Å². The van der Waals surface area contributed by atoms with Crippen LogP contribution >= 0.6 is 0 Å². The van der Waals surface area contributed by atoms with Gasteiger partial charge in [0.2, 0.25) is 0 Å². The van der Waals surface area contributed by atoms with Crippen LogP contribution in [-0.2, 0) is 10.3 Å². The Morgan fingerprint density at radius 1 is 1.06 bits per heavy atom. The van der Waals surface area contributed by atoms with Crippen molar-refractivity contribution in [2.75, 3.05) is 20.8 Å². The number of methoxy groups -OCH3 is 2. The van der Waals surface area contributed by atoms with Crippen LogP contribution in [0, 0.1) is 0 Å². The van der Waals surface area contributed by atoms with E-state index < -0.39 is 36.4 Å². The molecular formula is C21H20F2N2O6. The molecule has 0 radical (unpaired) electrons. The maximum absolute atomic E-state index is 13.0. The van der Waals surface area contributed by atoms with Crippen molar-refractivity contribution in [1.29, 1.82) is 0 Å². The van der Waals surface area contributed by atoms with E-state index in [1.807, 2.05) is 0 Å². The van der Waals surface area contributed by atoms with Gasteiger partial charge in [0, 0.05) is 6.07 Å². The third kappa shape index (κ3) is 4.27. The number of nitrogens with one attached hydrogen (secondary N) is 1. The van der Waals surface area contributed by atoms with Crippen LogP contribution in [0.3, 0.4) is 0 Å². The average molecular weight is 434 g/mol. The number of alkyl halides is 2. The molecule has 31 heavy (non-hydrogen) atoms. The monoisotopic (exact) mass is 434 g/mol. The molecule has 3 rings (SSSR count). The molecule has 0 spiro atoms. The highest BCUT2D eigenvalue weighted by atomic mass is 19.3. The number of imide groups is 1. The predicted octanol–water partition coefficient (Wildman–Crippen LogP) is 2.96. The summed E-state index contributed by atoms with van der Waals surface area (Å²) < 4.78 is 39.3. The van der Waals surface area contributed by atoms with Crippen LogP contribution < -0.4 is 19.5 Å². The minimum absolute atomic E-state index is 0.0854. The number of amides is 3. The maximum Gasteiger partial charge on any atom is 0.387 e. The van der Waals surface area contributed by atoms with E-state index in [4.69, 9.17) is 9.47 Å². The Hall–Kier alpha value is -3.69. The van der Waals surface area contributed by atoms with Gasteiger partial charge in [-0.3, -0.25) is 14.5 Å². The first kappa shape index (κ1) is 22.0. The molecule has 1 heterocycles. The second-order valence-electron chi connectivity index (χ2n) is 6.84.